The van der Waals surface area contributed by atoms with Crippen LogP contribution in [0.5, 0.6) is 0 Å². The van der Waals surface area contributed by atoms with Crippen LogP contribution in [-0.4, -0.2) is 36.0 Å². The molecule has 0 saturated heterocycles. The number of benzene rings is 2. The van der Waals surface area contributed by atoms with Crippen molar-refractivity contribution in [2.24, 2.45) is 0 Å². The van der Waals surface area contributed by atoms with Crippen molar-refractivity contribution < 1.29 is 19.4 Å². The number of halogens is 1. The summed E-state index contributed by atoms with van der Waals surface area (Å²) < 4.78 is 13.6. The van der Waals surface area contributed by atoms with Crippen LogP contribution in [0.3, 0.4) is 0 Å². The van der Waals surface area contributed by atoms with Gasteiger partial charge in [0.25, 0.3) is 0 Å². The highest BCUT2D eigenvalue weighted by Gasteiger charge is 2.08. The summed E-state index contributed by atoms with van der Waals surface area (Å²) >= 11 is 0. The molecule has 2 rings (SSSR count). The zero-order chi connectivity index (χ0) is 17.4. The van der Waals surface area contributed by atoms with Gasteiger partial charge in [-0.3, -0.25) is 0 Å². The third kappa shape index (κ3) is 5.22. The molecule has 0 aromatic heterocycles. The van der Waals surface area contributed by atoms with E-state index in [0.29, 0.717) is 17.8 Å². The van der Waals surface area contributed by atoms with Crippen molar-refractivity contribution in [2.75, 3.05) is 35.7 Å². The van der Waals surface area contributed by atoms with Crippen molar-refractivity contribution in [3.05, 3.63) is 53.8 Å². The quantitative estimate of drug-likeness (QED) is 0.538. The van der Waals surface area contributed by atoms with E-state index >= 15 is 0 Å². The number of hydrogen-bond donors (Lipinski definition) is 5. The van der Waals surface area contributed by atoms with Crippen LogP contribution >= 0.6 is 0 Å². The van der Waals surface area contributed by atoms with Crippen LogP contribution < -0.4 is 16.0 Å². The van der Waals surface area contributed by atoms with Gasteiger partial charge >= 0.3 is 6.03 Å². The second kappa shape index (κ2) is 8.85. The number of aliphatic hydroxyl groups excluding tert-OH is 2. The fourth-order valence-electron chi connectivity index (χ4n) is 2.23. The Morgan fingerprint density at radius 1 is 1.00 bits per heavy atom. The lowest BCUT2D eigenvalue weighted by Crippen LogP contribution is -2.20. The minimum Gasteiger partial charge on any atom is -0.396 e. The monoisotopic (exact) mass is 333 g/mol. The molecule has 0 heterocycles. The van der Waals surface area contributed by atoms with Gasteiger partial charge in [-0.1, -0.05) is 18.2 Å². The Morgan fingerprint density at radius 3 is 2.50 bits per heavy atom. The molecular weight excluding hydrogens is 313 g/mol. The average molecular weight is 333 g/mol. The zero-order valence-corrected chi connectivity index (χ0v) is 13.1. The molecule has 0 bridgehead atoms. The Hall–Kier alpha value is -2.64. The maximum Gasteiger partial charge on any atom is 0.323 e. The van der Waals surface area contributed by atoms with Gasteiger partial charge in [-0.05, 0) is 36.2 Å². The molecule has 2 aromatic carbocycles. The van der Waals surface area contributed by atoms with Crippen molar-refractivity contribution in [3.63, 3.8) is 0 Å². The van der Waals surface area contributed by atoms with E-state index in [1.807, 2.05) is 12.1 Å². The van der Waals surface area contributed by atoms with Crippen LogP contribution in [0.15, 0.2) is 42.5 Å². The molecule has 2 aromatic rings. The van der Waals surface area contributed by atoms with Crippen LogP contribution in [0.1, 0.15) is 5.56 Å². The molecule has 7 heteroatoms. The lowest BCUT2D eigenvalue weighted by atomic mass is 10.1. The molecule has 6 nitrogen and oxygen atoms in total. The van der Waals surface area contributed by atoms with Crippen molar-refractivity contribution in [2.45, 2.75) is 6.42 Å². The SMILES string of the molecule is O=C(Nc1cc(F)cc(NCCO)c1)Nc1ccccc1CCO. The second-order valence-corrected chi connectivity index (χ2v) is 5.09. The van der Waals surface area contributed by atoms with Gasteiger partial charge in [-0.15, -0.1) is 0 Å². The van der Waals surface area contributed by atoms with E-state index in [1.165, 1.54) is 12.1 Å². The zero-order valence-electron chi connectivity index (χ0n) is 13.1. The van der Waals surface area contributed by atoms with E-state index in [1.54, 1.807) is 18.2 Å². The minimum atomic E-state index is -0.515. The summed E-state index contributed by atoms with van der Waals surface area (Å²) in [4.78, 5) is 12.1. The Morgan fingerprint density at radius 2 is 1.75 bits per heavy atom. The van der Waals surface area contributed by atoms with Crippen LogP contribution in [0.25, 0.3) is 0 Å². The average Bonchev–Trinajstić information content (AvgIpc) is 2.54. The standard InChI is InChI=1S/C17H20FN3O3/c18-13-9-14(19-6-8-23)11-15(10-13)20-17(24)21-16-4-2-1-3-12(16)5-7-22/h1-4,9-11,19,22-23H,5-8H2,(H2,20,21,24). The van der Waals surface area contributed by atoms with Gasteiger partial charge in [0.15, 0.2) is 0 Å². The third-order valence-corrected chi connectivity index (χ3v) is 3.24. The van der Waals surface area contributed by atoms with Gasteiger partial charge in [0.2, 0.25) is 0 Å². The Labute approximate surface area is 139 Å². The van der Waals surface area contributed by atoms with Crippen LogP contribution in [0.2, 0.25) is 0 Å². The second-order valence-electron chi connectivity index (χ2n) is 5.09. The van der Waals surface area contributed by atoms with Crippen LogP contribution in [0.4, 0.5) is 26.2 Å². The molecular formula is C17H20FN3O3. The number of urea groups is 1. The molecule has 5 N–H and O–H groups in total. The van der Waals surface area contributed by atoms with Crippen LogP contribution in [-0.2, 0) is 6.42 Å². The van der Waals surface area contributed by atoms with E-state index in [2.05, 4.69) is 16.0 Å². The van der Waals surface area contributed by atoms with E-state index in [0.717, 1.165) is 5.56 Å². The molecule has 0 fully saturated rings. The first-order valence-corrected chi connectivity index (χ1v) is 7.54. The lowest BCUT2D eigenvalue weighted by Gasteiger charge is -2.12. The maximum atomic E-state index is 13.6. The van der Waals surface area contributed by atoms with Gasteiger partial charge in [-0.25, -0.2) is 9.18 Å². The van der Waals surface area contributed by atoms with Gasteiger partial charge in [0, 0.05) is 30.2 Å². The minimum absolute atomic E-state index is 0.0237. The summed E-state index contributed by atoms with van der Waals surface area (Å²) in [6, 6.07) is 10.7. The number of carbonyl (C=O) groups excluding carboxylic acids is 1. The highest BCUT2D eigenvalue weighted by atomic mass is 19.1. The molecule has 0 saturated carbocycles. The fourth-order valence-corrected chi connectivity index (χ4v) is 2.23. The summed E-state index contributed by atoms with van der Waals surface area (Å²) in [6.07, 6.45) is 0.422. The van der Waals surface area contributed by atoms with Gasteiger partial charge < -0.3 is 26.2 Å². The molecule has 128 valence electrons. The number of hydrogen-bond acceptors (Lipinski definition) is 4. The molecule has 0 aliphatic heterocycles. The number of amides is 2. The van der Waals surface area contributed by atoms with Crippen molar-refractivity contribution in [1.29, 1.82) is 0 Å². The van der Waals surface area contributed by atoms with E-state index in [-0.39, 0.29) is 25.4 Å². The molecule has 2 amide bonds. The molecule has 0 aliphatic rings. The fraction of sp³-hybridized carbons (Fsp3) is 0.235. The first-order valence-electron chi connectivity index (χ1n) is 7.54. The van der Waals surface area contributed by atoms with E-state index < -0.39 is 11.8 Å². The summed E-state index contributed by atoms with van der Waals surface area (Å²) in [7, 11) is 0. The topological polar surface area (TPSA) is 93.6 Å². The molecule has 0 unspecified atom stereocenters. The smallest absolute Gasteiger partial charge is 0.323 e. The Kier molecular flexibility index (Phi) is 6.53. The molecule has 0 aliphatic carbocycles. The van der Waals surface area contributed by atoms with E-state index in [9.17, 15) is 9.18 Å². The molecule has 0 radical (unpaired) electrons. The lowest BCUT2D eigenvalue weighted by molar-refractivity contribution is 0.262. The van der Waals surface area contributed by atoms with Gasteiger partial charge in [0.05, 0.1) is 6.61 Å². The number of anilines is 3. The first kappa shape index (κ1) is 17.7. The summed E-state index contributed by atoms with van der Waals surface area (Å²) in [5, 5.41) is 25.9. The van der Waals surface area contributed by atoms with Gasteiger partial charge in [-0.2, -0.15) is 0 Å². The molecule has 0 atom stereocenters. The molecule has 0 spiro atoms. The largest absolute Gasteiger partial charge is 0.396 e. The summed E-state index contributed by atoms with van der Waals surface area (Å²) in [5.41, 5.74) is 2.13. The van der Waals surface area contributed by atoms with Crippen molar-refractivity contribution in [1.82, 2.24) is 0 Å². The summed E-state index contributed by atoms with van der Waals surface area (Å²) in [5.74, 6) is -0.506. The normalized spacial score (nSPS) is 10.3. The highest BCUT2D eigenvalue weighted by molar-refractivity contribution is 6.00. The molecule has 24 heavy (non-hydrogen) atoms. The van der Waals surface area contributed by atoms with Crippen molar-refractivity contribution >= 4 is 23.1 Å². The summed E-state index contributed by atoms with van der Waals surface area (Å²) in [6.45, 7) is 0.176. The first-order chi connectivity index (χ1) is 11.6. The third-order valence-electron chi connectivity index (χ3n) is 3.24. The number of nitrogens with one attached hydrogen (secondary N) is 3. The van der Waals surface area contributed by atoms with Gasteiger partial charge in [0.1, 0.15) is 5.82 Å². The number of carbonyl (C=O) groups is 1. The predicted octanol–water partition coefficient (Wildman–Crippen LogP) is 2.41. The highest BCUT2D eigenvalue weighted by Crippen LogP contribution is 2.19. The Bertz CT molecular complexity index is 695. The number of para-hydroxylation sites is 1. The Balaban J connectivity index is 2.06. The predicted molar refractivity (Wildman–Crippen MR) is 91.8 cm³/mol. The van der Waals surface area contributed by atoms with Crippen LogP contribution in [0, 0.1) is 5.82 Å². The number of aliphatic hydroxyl groups is 2. The number of rotatable bonds is 7. The maximum absolute atomic E-state index is 13.6. The van der Waals surface area contributed by atoms with E-state index in [4.69, 9.17) is 10.2 Å². The van der Waals surface area contributed by atoms with Crippen molar-refractivity contribution in [3.8, 4) is 0 Å².